The van der Waals surface area contributed by atoms with E-state index < -0.39 is 29.7 Å². The number of ether oxygens (including phenoxy) is 1. The number of rotatable bonds is 6. The zero-order valence-electron chi connectivity index (χ0n) is 16.8. The summed E-state index contributed by atoms with van der Waals surface area (Å²) in [7, 11) is 0. The largest absolute Gasteiger partial charge is 0.573 e. The maximum atomic E-state index is 14.4. The van der Waals surface area contributed by atoms with Crippen molar-refractivity contribution in [3.05, 3.63) is 75.0 Å². The minimum absolute atomic E-state index is 0.0553. The molecule has 0 saturated heterocycles. The van der Waals surface area contributed by atoms with Crippen LogP contribution in [0.4, 0.5) is 23.2 Å². The van der Waals surface area contributed by atoms with Crippen molar-refractivity contribution < 1.29 is 31.9 Å². The molecule has 0 saturated carbocycles. The zero-order chi connectivity index (χ0) is 23.5. The lowest BCUT2D eigenvalue weighted by Gasteiger charge is -2.12. The SMILES string of the molecule is Cc1ncc(C(=O)Nc2cc(C(=O)NCc3ccc(OC(F)(F)F)cc3)c(F)cc2C)s1. The fourth-order valence-corrected chi connectivity index (χ4v) is 3.39. The van der Waals surface area contributed by atoms with Crippen molar-refractivity contribution in [3.63, 3.8) is 0 Å². The number of benzene rings is 2. The Morgan fingerprint density at radius 2 is 1.78 bits per heavy atom. The van der Waals surface area contributed by atoms with Crippen LogP contribution in [-0.4, -0.2) is 23.2 Å². The number of nitrogens with zero attached hydrogens (tertiary/aromatic N) is 1. The Kier molecular flexibility index (Phi) is 6.78. The van der Waals surface area contributed by atoms with E-state index in [4.69, 9.17) is 0 Å². The van der Waals surface area contributed by atoms with Gasteiger partial charge in [0.05, 0.1) is 16.8 Å². The standard InChI is InChI=1S/C21H17F4N3O3S/c1-11-7-16(22)15(8-17(11)28-20(30)18-10-26-12(2)32-18)19(29)27-9-13-3-5-14(6-4-13)31-21(23,24)25/h3-8,10H,9H2,1-2H3,(H,27,29)(H,28,30). The van der Waals surface area contributed by atoms with E-state index in [9.17, 15) is 27.2 Å². The highest BCUT2D eigenvalue weighted by Gasteiger charge is 2.31. The second kappa shape index (κ2) is 9.35. The van der Waals surface area contributed by atoms with E-state index >= 15 is 0 Å². The van der Waals surface area contributed by atoms with E-state index in [1.807, 2.05) is 0 Å². The number of amides is 2. The summed E-state index contributed by atoms with van der Waals surface area (Å²) >= 11 is 1.20. The molecule has 1 aromatic heterocycles. The highest BCUT2D eigenvalue weighted by molar-refractivity contribution is 7.13. The molecule has 0 unspecified atom stereocenters. The molecule has 0 aliphatic rings. The number of carbonyl (C=O) groups excluding carboxylic acids is 2. The number of anilines is 1. The summed E-state index contributed by atoms with van der Waals surface area (Å²) in [5, 5.41) is 5.85. The smallest absolute Gasteiger partial charge is 0.406 e. The molecule has 3 aromatic rings. The molecular formula is C21H17F4N3O3S. The van der Waals surface area contributed by atoms with Crippen LogP contribution in [0.5, 0.6) is 5.75 Å². The van der Waals surface area contributed by atoms with Crippen molar-refractivity contribution in [2.75, 3.05) is 5.32 Å². The van der Waals surface area contributed by atoms with Crippen LogP contribution in [0.1, 0.15) is 36.2 Å². The minimum atomic E-state index is -4.80. The van der Waals surface area contributed by atoms with Gasteiger partial charge >= 0.3 is 6.36 Å². The first kappa shape index (κ1) is 23.2. The van der Waals surface area contributed by atoms with Crippen molar-refractivity contribution in [1.82, 2.24) is 10.3 Å². The molecule has 0 atom stereocenters. The zero-order valence-corrected chi connectivity index (χ0v) is 17.7. The average Bonchev–Trinajstić information content (AvgIpc) is 3.14. The molecule has 11 heteroatoms. The summed E-state index contributed by atoms with van der Waals surface area (Å²) in [4.78, 5) is 29.2. The molecule has 0 aliphatic heterocycles. The van der Waals surface area contributed by atoms with Gasteiger partial charge < -0.3 is 15.4 Å². The Balaban J connectivity index is 1.68. The molecule has 0 aliphatic carbocycles. The van der Waals surface area contributed by atoms with Gasteiger partial charge in [-0.3, -0.25) is 9.59 Å². The third-order valence-corrected chi connectivity index (χ3v) is 5.17. The van der Waals surface area contributed by atoms with Crippen LogP contribution in [0.2, 0.25) is 0 Å². The predicted octanol–water partition coefficient (Wildman–Crippen LogP) is 4.98. The van der Waals surface area contributed by atoms with Gasteiger partial charge in [-0.05, 0) is 49.2 Å². The van der Waals surface area contributed by atoms with Crippen LogP contribution >= 0.6 is 11.3 Å². The lowest BCUT2D eigenvalue weighted by molar-refractivity contribution is -0.274. The number of aryl methyl sites for hydroxylation is 2. The van der Waals surface area contributed by atoms with Crippen molar-refractivity contribution in [1.29, 1.82) is 0 Å². The van der Waals surface area contributed by atoms with Crippen molar-refractivity contribution in [2.24, 2.45) is 0 Å². The molecule has 0 radical (unpaired) electrons. The number of thiazole rings is 1. The number of hydrogen-bond donors (Lipinski definition) is 2. The van der Waals surface area contributed by atoms with Crippen LogP contribution < -0.4 is 15.4 Å². The van der Waals surface area contributed by atoms with Gasteiger partial charge in [-0.25, -0.2) is 9.37 Å². The molecule has 2 aromatic carbocycles. The summed E-state index contributed by atoms with van der Waals surface area (Å²) in [6.45, 7) is 3.28. The fraction of sp³-hybridized carbons (Fsp3) is 0.190. The second-order valence-electron chi connectivity index (χ2n) is 6.72. The molecule has 2 N–H and O–H groups in total. The predicted molar refractivity (Wildman–Crippen MR) is 110 cm³/mol. The van der Waals surface area contributed by atoms with E-state index in [2.05, 4.69) is 20.4 Å². The number of aromatic nitrogens is 1. The maximum Gasteiger partial charge on any atom is 0.573 e. The Morgan fingerprint density at radius 1 is 1.09 bits per heavy atom. The quantitative estimate of drug-likeness (QED) is 0.501. The molecule has 3 rings (SSSR count). The third kappa shape index (κ3) is 6.03. The van der Waals surface area contributed by atoms with Gasteiger partial charge in [0.2, 0.25) is 0 Å². The summed E-state index contributed by atoms with van der Waals surface area (Å²) in [6, 6.07) is 7.26. The van der Waals surface area contributed by atoms with E-state index in [0.717, 1.165) is 18.2 Å². The number of nitrogens with one attached hydrogen (secondary N) is 2. The molecule has 1 heterocycles. The molecule has 0 bridgehead atoms. The summed E-state index contributed by atoms with van der Waals surface area (Å²) in [6.07, 6.45) is -3.38. The normalized spacial score (nSPS) is 11.2. The Morgan fingerprint density at radius 3 is 2.38 bits per heavy atom. The molecule has 32 heavy (non-hydrogen) atoms. The highest BCUT2D eigenvalue weighted by atomic mass is 32.1. The van der Waals surface area contributed by atoms with Gasteiger partial charge in [-0.1, -0.05) is 12.1 Å². The van der Waals surface area contributed by atoms with Crippen LogP contribution in [0, 0.1) is 19.7 Å². The van der Waals surface area contributed by atoms with E-state index in [0.29, 0.717) is 21.0 Å². The molecule has 0 spiro atoms. The van der Waals surface area contributed by atoms with Crippen LogP contribution in [0.15, 0.2) is 42.6 Å². The molecular weight excluding hydrogens is 450 g/mol. The van der Waals surface area contributed by atoms with E-state index in [1.54, 1.807) is 13.8 Å². The number of carbonyl (C=O) groups is 2. The van der Waals surface area contributed by atoms with Crippen molar-refractivity contribution in [3.8, 4) is 5.75 Å². The Labute approximate surface area is 184 Å². The van der Waals surface area contributed by atoms with Crippen molar-refractivity contribution in [2.45, 2.75) is 26.8 Å². The van der Waals surface area contributed by atoms with Gasteiger partial charge in [0.25, 0.3) is 11.8 Å². The van der Waals surface area contributed by atoms with Gasteiger partial charge in [-0.2, -0.15) is 0 Å². The maximum absolute atomic E-state index is 14.4. The van der Waals surface area contributed by atoms with Gasteiger partial charge in [-0.15, -0.1) is 24.5 Å². The highest BCUT2D eigenvalue weighted by Crippen LogP contribution is 2.24. The first-order valence-electron chi connectivity index (χ1n) is 9.18. The minimum Gasteiger partial charge on any atom is -0.406 e. The third-order valence-electron chi connectivity index (χ3n) is 4.26. The van der Waals surface area contributed by atoms with E-state index in [-0.39, 0.29) is 17.8 Å². The fourth-order valence-electron chi connectivity index (χ4n) is 2.72. The summed E-state index contributed by atoms with van der Waals surface area (Å²) < 4.78 is 54.8. The molecule has 168 valence electrons. The average molecular weight is 467 g/mol. The number of hydrogen-bond acceptors (Lipinski definition) is 5. The Hall–Kier alpha value is -3.47. The van der Waals surface area contributed by atoms with Gasteiger partial charge in [0, 0.05) is 12.2 Å². The first-order chi connectivity index (χ1) is 15.0. The number of halogens is 4. The topological polar surface area (TPSA) is 80.3 Å². The van der Waals surface area contributed by atoms with Gasteiger partial charge in [0.15, 0.2) is 0 Å². The Bertz CT molecular complexity index is 1140. The monoisotopic (exact) mass is 467 g/mol. The van der Waals surface area contributed by atoms with Crippen LogP contribution in [0.25, 0.3) is 0 Å². The van der Waals surface area contributed by atoms with E-state index in [1.165, 1.54) is 35.7 Å². The second-order valence-corrected chi connectivity index (χ2v) is 7.95. The van der Waals surface area contributed by atoms with Crippen LogP contribution in [-0.2, 0) is 6.54 Å². The molecule has 0 fully saturated rings. The molecule has 6 nitrogen and oxygen atoms in total. The summed E-state index contributed by atoms with van der Waals surface area (Å²) in [5.41, 5.74) is 0.882. The van der Waals surface area contributed by atoms with Crippen molar-refractivity contribution >= 4 is 28.8 Å². The number of alkyl halides is 3. The van der Waals surface area contributed by atoms with Gasteiger partial charge in [0.1, 0.15) is 16.4 Å². The first-order valence-corrected chi connectivity index (χ1v) is 10.0. The lowest BCUT2D eigenvalue weighted by atomic mass is 10.1. The molecule has 2 amide bonds. The van der Waals surface area contributed by atoms with Crippen LogP contribution in [0.3, 0.4) is 0 Å². The lowest BCUT2D eigenvalue weighted by Crippen LogP contribution is -2.24. The summed E-state index contributed by atoms with van der Waals surface area (Å²) in [5.74, 6) is -2.35.